The summed E-state index contributed by atoms with van der Waals surface area (Å²) in [5.41, 5.74) is 15.2. The molecule has 1 aromatic carbocycles. The number of phenolic OH excluding ortho intramolecular Hbond substituents is 1. The first kappa shape index (κ1) is 23.5. The fraction of sp³-hybridized carbons (Fsp3) is 0.458. The van der Waals surface area contributed by atoms with Crippen molar-refractivity contribution in [3.63, 3.8) is 0 Å². The molecule has 2 heterocycles. The van der Waals surface area contributed by atoms with E-state index in [4.69, 9.17) is 16.2 Å². The summed E-state index contributed by atoms with van der Waals surface area (Å²) in [6.45, 7) is 8.87. The van der Waals surface area contributed by atoms with Gasteiger partial charge in [0, 0.05) is 41.6 Å². The largest absolute Gasteiger partial charge is 0.507 e. The molecule has 0 atom stereocenters. The van der Waals surface area contributed by atoms with Crippen molar-refractivity contribution in [2.24, 2.45) is 11.5 Å². The maximum atomic E-state index is 10.7. The number of allylic oxidation sites excluding steroid dienone is 2. The van der Waals surface area contributed by atoms with Crippen LogP contribution in [-0.2, 0) is 0 Å². The molecule has 8 heteroatoms. The summed E-state index contributed by atoms with van der Waals surface area (Å²) in [4.78, 5) is 2.10. The first-order chi connectivity index (χ1) is 14.9. The van der Waals surface area contributed by atoms with E-state index in [1.54, 1.807) is 37.7 Å². The van der Waals surface area contributed by atoms with Gasteiger partial charge in [-0.25, -0.2) is 0 Å². The molecule has 8 nitrogen and oxygen atoms in total. The van der Waals surface area contributed by atoms with E-state index < -0.39 is 0 Å². The third-order valence-electron chi connectivity index (χ3n) is 5.98. The second kappa shape index (κ2) is 8.78. The molecule has 0 saturated carbocycles. The van der Waals surface area contributed by atoms with Crippen LogP contribution in [0.4, 0.5) is 0 Å². The molecule has 0 unspecified atom stereocenters. The highest BCUT2D eigenvalue weighted by atomic mass is 16.5. The highest BCUT2D eigenvalue weighted by molar-refractivity contribution is 5.79. The number of methoxy groups -OCH3 is 1. The number of hydrogen-bond donors (Lipinski definition) is 5. The molecule has 0 aliphatic carbocycles. The van der Waals surface area contributed by atoms with E-state index >= 15 is 0 Å². The number of hydrogen-bond acceptors (Lipinski definition) is 7. The predicted molar refractivity (Wildman–Crippen MR) is 129 cm³/mol. The molecule has 1 saturated heterocycles. The average Bonchev–Trinajstić information content (AvgIpc) is 3.23. The minimum Gasteiger partial charge on any atom is -0.507 e. The third-order valence-corrected chi connectivity index (χ3v) is 5.98. The van der Waals surface area contributed by atoms with Crippen LogP contribution in [0.1, 0.15) is 46.1 Å². The van der Waals surface area contributed by atoms with Crippen molar-refractivity contribution in [2.45, 2.75) is 57.7 Å². The average molecular weight is 441 g/mol. The first-order valence-electron chi connectivity index (χ1n) is 10.8. The zero-order valence-electron chi connectivity index (χ0n) is 19.9. The number of aromatic amines is 1. The van der Waals surface area contributed by atoms with Crippen molar-refractivity contribution in [1.29, 1.82) is 0 Å². The van der Waals surface area contributed by atoms with E-state index in [0.29, 0.717) is 28.9 Å². The van der Waals surface area contributed by atoms with Gasteiger partial charge >= 0.3 is 0 Å². The number of rotatable bonds is 6. The van der Waals surface area contributed by atoms with Crippen LogP contribution in [0, 0.1) is 0 Å². The Morgan fingerprint density at radius 3 is 2.38 bits per heavy atom. The molecule has 1 aliphatic heterocycles. The van der Waals surface area contributed by atoms with Gasteiger partial charge < -0.3 is 31.5 Å². The van der Waals surface area contributed by atoms with Crippen LogP contribution in [0.3, 0.4) is 0 Å². The van der Waals surface area contributed by atoms with Crippen LogP contribution in [0.2, 0.25) is 0 Å². The van der Waals surface area contributed by atoms with Crippen molar-refractivity contribution in [3.8, 4) is 22.6 Å². The maximum absolute atomic E-state index is 10.7. The van der Waals surface area contributed by atoms with E-state index in [-0.39, 0.29) is 16.8 Å². The summed E-state index contributed by atoms with van der Waals surface area (Å²) in [5, 5.41) is 21.1. The minimum atomic E-state index is 0.0196. The monoisotopic (exact) mass is 440 g/mol. The number of nitrogens with two attached hydrogens (primary N) is 2. The minimum absolute atomic E-state index is 0.0196. The number of piperidine rings is 1. The highest BCUT2D eigenvalue weighted by Gasteiger charge is 2.39. The number of aromatic hydroxyl groups is 1. The van der Waals surface area contributed by atoms with E-state index in [0.717, 1.165) is 24.0 Å². The van der Waals surface area contributed by atoms with Gasteiger partial charge in [-0.1, -0.05) is 0 Å². The molecule has 2 aromatic rings. The Morgan fingerprint density at radius 2 is 1.81 bits per heavy atom. The van der Waals surface area contributed by atoms with Crippen molar-refractivity contribution < 1.29 is 9.84 Å². The number of aromatic nitrogens is 2. The summed E-state index contributed by atoms with van der Waals surface area (Å²) in [6.07, 6.45) is 8.86. The lowest BCUT2D eigenvalue weighted by Crippen LogP contribution is -2.61. The van der Waals surface area contributed by atoms with Crippen LogP contribution in [-0.4, -0.2) is 51.5 Å². The molecule has 0 radical (unpaired) electrons. The standard InChI is InChI=1S/C24H36N6O2/c1-23(2)11-17(12-24(3,4)29-23)30(5)21(26)8-7-18(25)22-19(31)9-15(10-20(22)32-6)16-13-27-28-14-16/h7-10,13-14,17,29,31H,11-12,25-26H2,1-6H3,(H,27,28)/b18-7-,21-8+. The Hall–Kier alpha value is -3.13. The zero-order chi connectivity index (χ0) is 23.7. The molecule has 3 rings (SSSR count). The van der Waals surface area contributed by atoms with Crippen molar-refractivity contribution in [2.75, 3.05) is 14.2 Å². The number of benzene rings is 1. The van der Waals surface area contributed by atoms with Crippen LogP contribution >= 0.6 is 0 Å². The van der Waals surface area contributed by atoms with Crippen LogP contribution in [0.5, 0.6) is 11.5 Å². The SMILES string of the molecule is COc1cc(-c2cn[nH]c2)cc(O)c1/C(N)=C/C=C(\N)N(C)C1CC(C)(C)NC(C)(C)C1. The number of nitrogens with one attached hydrogen (secondary N) is 2. The quantitative estimate of drug-likeness (QED) is 0.437. The van der Waals surface area contributed by atoms with Gasteiger partial charge in [-0.15, -0.1) is 0 Å². The lowest BCUT2D eigenvalue weighted by atomic mass is 9.79. The van der Waals surface area contributed by atoms with E-state index in [9.17, 15) is 5.11 Å². The summed E-state index contributed by atoms with van der Waals surface area (Å²) in [7, 11) is 3.55. The summed E-state index contributed by atoms with van der Waals surface area (Å²) >= 11 is 0. The summed E-state index contributed by atoms with van der Waals surface area (Å²) < 4.78 is 5.50. The molecule has 0 spiro atoms. The molecule has 174 valence electrons. The van der Waals surface area contributed by atoms with Crippen molar-refractivity contribution in [3.05, 3.63) is 48.1 Å². The van der Waals surface area contributed by atoms with Crippen molar-refractivity contribution in [1.82, 2.24) is 20.4 Å². The van der Waals surface area contributed by atoms with Crippen LogP contribution < -0.4 is 21.5 Å². The molecule has 0 bridgehead atoms. The van der Waals surface area contributed by atoms with Crippen LogP contribution in [0.25, 0.3) is 16.8 Å². The third kappa shape index (κ3) is 5.19. The van der Waals surface area contributed by atoms with Crippen LogP contribution in [0.15, 0.2) is 42.5 Å². The summed E-state index contributed by atoms with van der Waals surface area (Å²) in [5.74, 6) is 1.11. The Balaban J connectivity index is 1.85. The predicted octanol–water partition coefficient (Wildman–Crippen LogP) is 3.13. The van der Waals surface area contributed by atoms with Gasteiger partial charge in [-0.2, -0.15) is 5.10 Å². The number of ether oxygens (including phenoxy) is 1. The molecule has 1 fully saturated rings. The molecule has 7 N–H and O–H groups in total. The first-order valence-corrected chi connectivity index (χ1v) is 10.8. The molecule has 1 aromatic heterocycles. The van der Waals surface area contributed by atoms with Gasteiger partial charge in [0.25, 0.3) is 0 Å². The van der Waals surface area contributed by atoms with E-state index in [1.165, 1.54) is 0 Å². The Morgan fingerprint density at radius 1 is 1.16 bits per heavy atom. The molecular formula is C24H36N6O2. The number of H-pyrrole nitrogens is 1. The molecular weight excluding hydrogens is 404 g/mol. The fourth-order valence-electron chi connectivity index (χ4n) is 4.76. The van der Waals surface area contributed by atoms with Gasteiger partial charge in [-0.3, -0.25) is 5.10 Å². The molecule has 1 aliphatic rings. The Bertz CT molecular complexity index is 992. The fourth-order valence-corrected chi connectivity index (χ4v) is 4.76. The van der Waals surface area contributed by atoms with Gasteiger partial charge in [0.2, 0.25) is 0 Å². The van der Waals surface area contributed by atoms with Crippen molar-refractivity contribution >= 4 is 5.70 Å². The lowest BCUT2D eigenvalue weighted by Gasteiger charge is -2.49. The highest BCUT2D eigenvalue weighted by Crippen LogP contribution is 2.37. The van der Waals surface area contributed by atoms with Gasteiger partial charge in [0.05, 0.1) is 24.7 Å². The second-order valence-electron chi connectivity index (χ2n) is 9.84. The molecule has 0 amide bonds. The normalized spacial score (nSPS) is 19.1. The lowest BCUT2D eigenvalue weighted by molar-refractivity contribution is 0.0981. The summed E-state index contributed by atoms with van der Waals surface area (Å²) in [6, 6.07) is 3.75. The zero-order valence-corrected chi connectivity index (χ0v) is 19.9. The second-order valence-corrected chi connectivity index (χ2v) is 9.84. The van der Waals surface area contributed by atoms with Gasteiger partial charge in [0.15, 0.2) is 0 Å². The van der Waals surface area contributed by atoms with Gasteiger partial charge in [-0.05, 0) is 70.4 Å². The topological polar surface area (TPSA) is 125 Å². The maximum Gasteiger partial charge on any atom is 0.132 e. The Kier molecular flexibility index (Phi) is 6.46. The Labute approximate surface area is 190 Å². The molecule has 32 heavy (non-hydrogen) atoms. The van der Waals surface area contributed by atoms with E-state index in [2.05, 4.69) is 48.1 Å². The van der Waals surface area contributed by atoms with Gasteiger partial charge in [0.1, 0.15) is 11.5 Å². The number of phenols is 1. The smallest absolute Gasteiger partial charge is 0.132 e. The van der Waals surface area contributed by atoms with E-state index in [1.807, 2.05) is 13.1 Å². The number of nitrogens with zero attached hydrogens (tertiary/aromatic N) is 2.